The largest absolute Gasteiger partial charge is 0.482 e. The summed E-state index contributed by atoms with van der Waals surface area (Å²) in [7, 11) is 0. The number of ether oxygens (including phenoxy) is 1. The van der Waals surface area contributed by atoms with Crippen molar-refractivity contribution in [3.05, 3.63) is 29.8 Å². The molecule has 1 aromatic rings. The lowest BCUT2D eigenvalue weighted by Gasteiger charge is -2.18. The Bertz CT molecular complexity index is 563. The second-order valence-corrected chi connectivity index (χ2v) is 6.37. The van der Waals surface area contributed by atoms with Gasteiger partial charge < -0.3 is 15.2 Å². The van der Waals surface area contributed by atoms with Crippen LogP contribution in [0, 0.1) is 11.3 Å². The number of benzene rings is 1. The van der Waals surface area contributed by atoms with Gasteiger partial charge in [0, 0.05) is 12.1 Å². The van der Waals surface area contributed by atoms with E-state index in [2.05, 4.69) is 5.32 Å². The number of hydrogen-bond acceptors (Lipinski definition) is 3. The number of hydrogen-bond donors (Lipinski definition) is 2. The highest BCUT2D eigenvalue weighted by Crippen LogP contribution is 2.60. The predicted molar refractivity (Wildman–Crippen MR) is 80.9 cm³/mol. The van der Waals surface area contributed by atoms with Crippen molar-refractivity contribution in [3.63, 3.8) is 0 Å². The summed E-state index contributed by atoms with van der Waals surface area (Å²) < 4.78 is 5.05. The Hall–Kier alpha value is -2.04. The van der Waals surface area contributed by atoms with Gasteiger partial charge in [-0.2, -0.15) is 0 Å². The number of carbonyl (C=O) groups is 2. The first-order valence-corrected chi connectivity index (χ1v) is 7.82. The van der Waals surface area contributed by atoms with Crippen LogP contribution >= 0.6 is 0 Å². The average molecular weight is 303 g/mol. The van der Waals surface area contributed by atoms with Crippen LogP contribution in [0.2, 0.25) is 0 Å². The number of carbonyl (C=O) groups excluding carboxylic acids is 1. The molecule has 2 fully saturated rings. The SMILES string of the molecule is O=C(O)COc1ccc(C(=O)NCC2CCCC23CC3)cc1. The molecule has 2 saturated carbocycles. The molecular formula is C17H21NO4. The monoisotopic (exact) mass is 303 g/mol. The van der Waals surface area contributed by atoms with Gasteiger partial charge in [0.2, 0.25) is 0 Å². The van der Waals surface area contributed by atoms with E-state index in [0.29, 0.717) is 22.6 Å². The summed E-state index contributed by atoms with van der Waals surface area (Å²) >= 11 is 0. The molecule has 0 heterocycles. The highest BCUT2D eigenvalue weighted by molar-refractivity contribution is 5.94. The number of carboxylic acids is 1. The molecule has 0 aromatic heterocycles. The average Bonchev–Trinajstić information content (AvgIpc) is 3.17. The van der Waals surface area contributed by atoms with Crippen molar-refractivity contribution in [3.8, 4) is 5.75 Å². The number of amides is 1. The Morgan fingerprint density at radius 1 is 1.23 bits per heavy atom. The van der Waals surface area contributed by atoms with Crippen LogP contribution in [0.1, 0.15) is 42.5 Å². The van der Waals surface area contributed by atoms with Crippen molar-refractivity contribution in [2.45, 2.75) is 32.1 Å². The van der Waals surface area contributed by atoms with E-state index in [1.54, 1.807) is 24.3 Å². The minimum absolute atomic E-state index is 0.0764. The molecular weight excluding hydrogens is 282 g/mol. The van der Waals surface area contributed by atoms with Crippen LogP contribution in [0.25, 0.3) is 0 Å². The molecule has 2 N–H and O–H groups in total. The Morgan fingerprint density at radius 2 is 1.95 bits per heavy atom. The molecule has 1 amide bonds. The molecule has 5 heteroatoms. The third-order valence-corrected chi connectivity index (χ3v) is 4.97. The summed E-state index contributed by atoms with van der Waals surface area (Å²) in [5.41, 5.74) is 1.12. The Morgan fingerprint density at radius 3 is 2.59 bits per heavy atom. The van der Waals surface area contributed by atoms with E-state index in [1.165, 1.54) is 32.1 Å². The van der Waals surface area contributed by atoms with E-state index in [1.807, 2.05) is 0 Å². The van der Waals surface area contributed by atoms with Crippen LogP contribution in [-0.2, 0) is 4.79 Å². The smallest absolute Gasteiger partial charge is 0.341 e. The topological polar surface area (TPSA) is 75.6 Å². The number of nitrogens with one attached hydrogen (secondary N) is 1. The lowest BCUT2D eigenvalue weighted by atomic mass is 9.93. The molecule has 2 aliphatic rings. The second-order valence-electron chi connectivity index (χ2n) is 6.37. The van der Waals surface area contributed by atoms with Crippen molar-refractivity contribution in [1.29, 1.82) is 0 Å². The normalized spacial score (nSPS) is 21.5. The molecule has 0 saturated heterocycles. The highest BCUT2D eigenvalue weighted by atomic mass is 16.5. The van der Waals surface area contributed by atoms with Gasteiger partial charge in [-0.05, 0) is 61.3 Å². The first-order chi connectivity index (χ1) is 10.6. The van der Waals surface area contributed by atoms with Crippen molar-refractivity contribution >= 4 is 11.9 Å². The number of aliphatic carboxylic acids is 1. The van der Waals surface area contributed by atoms with Gasteiger partial charge in [0.15, 0.2) is 6.61 Å². The van der Waals surface area contributed by atoms with Crippen LogP contribution in [0.4, 0.5) is 0 Å². The van der Waals surface area contributed by atoms with E-state index in [9.17, 15) is 9.59 Å². The number of rotatable bonds is 6. The molecule has 5 nitrogen and oxygen atoms in total. The lowest BCUT2D eigenvalue weighted by molar-refractivity contribution is -0.139. The summed E-state index contributed by atoms with van der Waals surface area (Å²) in [5.74, 6) is -0.0128. The maximum absolute atomic E-state index is 12.2. The molecule has 1 spiro atoms. The Balaban J connectivity index is 1.50. The fourth-order valence-corrected chi connectivity index (χ4v) is 3.51. The second kappa shape index (κ2) is 5.99. The van der Waals surface area contributed by atoms with Gasteiger partial charge in [-0.3, -0.25) is 4.79 Å². The minimum atomic E-state index is -1.02. The third kappa shape index (κ3) is 3.24. The predicted octanol–water partition coefficient (Wildman–Crippen LogP) is 2.46. The molecule has 1 aromatic carbocycles. The summed E-state index contributed by atoms with van der Waals surface area (Å²) in [6.45, 7) is 0.380. The maximum Gasteiger partial charge on any atom is 0.341 e. The third-order valence-electron chi connectivity index (χ3n) is 4.97. The van der Waals surface area contributed by atoms with Gasteiger partial charge in [-0.1, -0.05) is 6.42 Å². The van der Waals surface area contributed by atoms with Crippen LogP contribution < -0.4 is 10.1 Å². The quantitative estimate of drug-likeness (QED) is 0.846. The Labute approximate surface area is 129 Å². The first kappa shape index (κ1) is 14.9. The van der Waals surface area contributed by atoms with Crippen molar-refractivity contribution in [1.82, 2.24) is 5.32 Å². The molecule has 0 bridgehead atoms. The van der Waals surface area contributed by atoms with Gasteiger partial charge in [-0.25, -0.2) is 4.79 Å². The van der Waals surface area contributed by atoms with Crippen LogP contribution in [0.15, 0.2) is 24.3 Å². The molecule has 1 unspecified atom stereocenters. The van der Waals surface area contributed by atoms with Crippen molar-refractivity contribution in [2.24, 2.45) is 11.3 Å². The van der Waals surface area contributed by atoms with Crippen LogP contribution in [0.5, 0.6) is 5.75 Å². The van der Waals surface area contributed by atoms with E-state index in [-0.39, 0.29) is 12.5 Å². The fourth-order valence-electron chi connectivity index (χ4n) is 3.51. The summed E-state index contributed by atoms with van der Waals surface area (Å²) in [5, 5.41) is 11.6. The van der Waals surface area contributed by atoms with Gasteiger partial charge in [-0.15, -0.1) is 0 Å². The fraction of sp³-hybridized carbons (Fsp3) is 0.529. The molecule has 2 aliphatic carbocycles. The Kier molecular flexibility index (Phi) is 4.05. The van der Waals surface area contributed by atoms with Crippen LogP contribution in [-0.4, -0.2) is 30.1 Å². The zero-order valence-electron chi connectivity index (χ0n) is 12.5. The molecule has 22 heavy (non-hydrogen) atoms. The first-order valence-electron chi connectivity index (χ1n) is 7.82. The zero-order valence-corrected chi connectivity index (χ0v) is 12.5. The maximum atomic E-state index is 12.2. The van der Waals surface area contributed by atoms with Gasteiger partial charge in [0.25, 0.3) is 5.91 Å². The van der Waals surface area contributed by atoms with Gasteiger partial charge >= 0.3 is 5.97 Å². The standard InChI is InChI=1S/C17H21NO4/c19-15(20)11-22-14-5-3-12(4-6-14)16(21)18-10-13-2-1-7-17(13)8-9-17/h3-6,13H,1-2,7-11H2,(H,18,21)(H,19,20). The zero-order chi connectivity index (χ0) is 15.6. The van der Waals surface area contributed by atoms with Crippen molar-refractivity contribution < 1.29 is 19.4 Å². The molecule has 3 rings (SSSR count). The van der Waals surface area contributed by atoms with E-state index in [0.717, 1.165) is 6.54 Å². The van der Waals surface area contributed by atoms with E-state index >= 15 is 0 Å². The van der Waals surface area contributed by atoms with E-state index in [4.69, 9.17) is 9.84 Å². The molecule has 118 valence electrons. The lowest BCUT2D eigenvalue weighted by Crippen LogP contribution is -2.31. The van der Waals surface area contributed by atoms with Crippen molar-refractivity contribution in [2.75, 3.05) is 13.2 Å². The van der Waals surface area contributed by atoms with Gasteiger partial charge in [0.05, 0.1) is 0 Å². The molecule has 0 radical (unpaired) electrons. The minimum Gasteiger partial charge on any atom is -0.482 e. The van der Waals surface area contributed by atoms with E-state index < -0.39 is 5.97 Å². The molecule has 1 atom stereocenters. The molecule has 0 aliphatic heterocycles. The summed E-state index contributed by atoms with van der Waals surface area (Å²) in [6.07, 6.45) is 6.48. The summed E-state index contributed by atoms with van der Waals surface area (Å²) in [4.78, 5) is 22.6. The summed E-state index contributed by atoms with van der Waals surface area (Å²) in [6, 6.07) is 6.56. The number of carboxylic acid groups (broad SMARTS) is 1. The van der Waals surface area contributed by atoms with Gasteiger partial charge in [0.1, 0.15) is 5.75 Å². The van der Waals surface area contributed by atoms with Crippen LogP contribution in [0.3, 0.4) is 0 Å². The highest BCUT2D eigenvalue weighted by Gasteiger charge is 2.51.